The number of rotatable bonds is 1. The summed E-state index contributed by atoms with van der Waals surface area (Å²) in [6.45, 7) is 0. The minimum absolute atomic E-state index is 0.877. The molecule has 0 atom stereocenters. The number of H-pyrrole nitrogens is 1. The Morgan fingerprint density at radius 1 is 1.22 bits per heavy atom. The summed E-state index contributed by atoms with van der Waals surface area (Å²) in [4.78, 5) is 11.8. The first-order valence-electron chi connectivity index (χ1n) is 5.68. The second-order valence-electron chi connectivity index (χ2n) is 4.09. The van der Waals surface area contributed by atoms with Crippen LogP contribution in [0.25, 0.3) is 22.4 Å². The van der Waals surface area contributed by atoms with E-state index in [9.17, 15) is 0 Å². The molecule has 0 fully saturated rings. The Hall–Kier alpha value is -2.69. The molecule has 0 unspecified atom stereocenters. The second kappa shape index (κ2) is 3.40. The molecule has 5 heteroatoms. The molecule has 0 saturated heterocycles. The van der Waals surface area contributed by atoms with E-state index in [0.717, 1.165) is 22.4 Å². The largest absolute Gasteiger partial charge is 0.408 e. The summed E-state index contributed by atoms with van der Waals surface area (Å²) in [5.74, 6) is 0.877. The lowest BCUT2D eigenvalue weighted by molar-refractivity contribution is -0.571. The molecule has 0 aliphatic carbocycles. The van der Waals surface area contributed by atoms with Gasteiger partial charge in [-0.1, -0.05) is 4.98 Å². The van der Waals surface area contributed by atoms with Crippen LogP contribution in [0.3, 0.4) is 0 Å². The van der Waals surface area contributed by atoms with Gasteiger partial charge in [-0.25, -0.2) is 4.40 Å². The quantitative estimate of drug-likeness (QED) is 0.509. The number of pyridine rings is 1. The monoisotopic (exact) mass is 236 g/mol. The van der Waals surface area contributed by atoms with Crippen LogP contribution in [0.2, 0.25) is 0 Å². The molecule has 0 bridgehead atoms. The van der Waals surface area contributed by atoms with Crippen molar-refractivity contribution in [3.8, 4) is 5.69 Å². The molecule has 0 saturated carbocycles. The Kier molecular flexibility index (Phi) is 1.77. The summed E-state index contributed by atoms with van der Waals surface area (Å²) >= 11 is 0. The fourth-order valence-electron chi connectivity index (χ4n) is 2.23. The number of nitrogens with one attached hydrogen (secondary N) is 1. The summed E-state index contributed by atoms with van der Waals surface area (Å²) in [5.41, 5.74) is 2.12. The first-order chi connectivity index (χ1) is 8.93. The number of fused-ring (bicyclic) bond motifs is 2. The third-order valence-corrected chi connectivity index (χ3v) is 3.07. The molecule has 0 radical (unpaired) electrons. The van der Waals surface area contributed by atoms with Gasteiger partial charge in [-0.2, -0.15) is 4.57 Å². The molecule has 1 N–H and O–H groups in total. The zero-order chi connectivity index (χ0) is 11.9. The van der Waals surface area contributed by atoms with Crippen LogP contribution in [0.5, 0.6) is 0 Å². The highest BCUT2D eigenvalue weighted by molar-refractivity contribution is 5.85. The van der Waals surface area contributed by atoms with Gasteiger partial charge in [0.25, 0.3) is 0 Å². The Morgan fingerprint density at radius 2 is 2.22 bits per heavy atom. The van der Waals surface area contributed by atoms with Gasteiger partial charge in [0, 0.05) is 24.7 Å². The Labute approximate surface area is 102 Å². The molecule has 5 nitrogen and oxygen atoms in total. The van der Waals surface area contributed by atoms with Crippen molar-refractivity contribution in [3.05, 3.63) is 55.5 Å². The molecule has 4 heterocycles. The highest BCUT2D eigenvalue weighted by atomic mass is 15.2. The minimum Gasteiger partial charge on any atom is -0.358 e. The van der Waals surface area contributed by atoms with Crippen molar-refractivity contribution in [1.82, 2.24) is 19.4 Å². The lowest BCUT2D eigenvalue weighted by atomic mass is 10.3. The normalized spacial score (nSPS) is 11.3. The van der Waals surface area contributed by atoms with Crippen LogP contribution >= 0.6 is 0 Å². The standard InChI is InChI=1S/C13H10N5/c1-5-17-7-4-15-13(17)18(6-1)12-9-16-11-2-3-14-8-10(11)12/h1-9,16H/q+1. The molecule has 4 aromatic rings. The molecular formula is C13H10N5+. The molecule has 0 amide bonds. The van der Waals surface area contributed by atoms with E-state index < -0.39 is 0 Å². The number of hydrogen-bond acceptors (Lipinski definition) is 2. The Morgan fingerprint density at radius 3 is 3.22 bits per heavy atom. The van der Waals surface area contributed by atoms with Gasteiger partial charge in [-0.3, -0.25) is 4.98 Å². The van der Waals surface area contributed by atoms with Gasteiger partial charge in [0.15, 0.2) is 0 Å². The van der Waals surface area contributed by atoms with Crippen molar-refractivity contribution in [2.24, 2.45) is 0 Å². The number of aromatic amines is 1. The number of nitrogens with zero attached hydrogens (tertiary/aromatic N) is 4. The topological polar surface area (TPSA) is 49.9 Å². The van der Waals surface area contributed by atoms with Crippen molar-refractivity contribution in [2.75, 3.05) is 0 Å². The van der Waals surface area contributed by atoms with Crippen molar-refractivity contribution >= 4 is 16.7 Å². The van der Waals surface area contributed by atoms with Crippen LogP contribution in [0.1, 0.15) is 0 Å². The molecule has 18 heavy (non-hydrogen) atoms. The van der Waals surface area contributed by atoms with E-state index in [4.69, 9.17) is 0 Å². The maximum Gasteiger partial charge on any atom is 0.408 e. The average Bonchev–Trinajstić information content (AvgIpc) is 3.05. The van der Waals surface area contributed by atoms with Crippen LogP contribution < -0.4 is 4.57 Å². The van der Waals surface area contributed by atoms with Crippen molar-refractivity contribution in [3.63, 3.8) is 0 Å². The third-order valence-electron chi connectivity index (χ3n) is 3.07. The molecule has 0 aliphatic heterocycles. The highest BCUT2D eigenvalue weighted by Gasteiger charge is 2.14. The lowest BCUT2D eigenvalue weighted by Gasteiger charge is -1.98. The van der Waals surface area contributed by atoms with Gasteiger partial charge in [-0.05, 0) is 6.07 Å². The van der Waals surface area contributed by atoms with Crippen molar-refractivity contribution < 1.29 is 4.57 Å². The van der Waals surface area contributed by atoms with Gasteiger partial charge < -0.3 is 4.98 Å². The predicted molar refractivity (Wildman–Crippen MR) is 66.4 cm³/mol. The summed E-state index contributed by atoms with van der Waals surface area (Å²) in [6.07, 6.45) is 13.3. The van der Waals surface area contributed by atoms with Crippen LogP contribution in [-0.4, -0.2) is 19.4 Å². The SMILES string of the molecule is c1cn2ccnc2[n+](-c2c[nH]c3ccncc23)c1. The van der Waals surface area contributed by atoms with E-state index in [0.29, 0.717) is 0 Å². The molecular weight excluding hydrogens is 226 g/mol. The first-order valence-corrected chi connectivity index (χ1v) is 5.68. The van der Waals surface area contributed by atoms with Gasteiger partial charge in [-0.15, -0.1) is 0 Å². The van der Waals surface area contributed by atoms with E-state index in [1.165, 1.54) is 0 Å². The van der Waals surface area contributed by atoms with Crippen LogP contribution in [0, 0.1) is 0 Å². The zero-order valence-electron chi connectivity index (χ0n) is 9.49. The number of hydrogen-bond donors (Lipinski definition) is 1. The fraction of sp³-hybridized carbons (Fsp3) is 0. The maximum absolute atomic E-state index is 4.37. The Bertz CT molecular complexity index is 842. The molecule has 0 spiro atoms. The predicted octanol–water partition coefficient (Wildman–Crippen LogP) is 1.49. The lowest BCUT2D eigenvalue weighted by Crippen LogP contribution is -2.32. The molecule has 4 aromatic heterocycles. The molecule has 0 aromatic carbocycles. The number of imidazole rings is 1. The van der Waals surface area contributed by atoms with E-state index in [-0.39, 0.29) is 0 Å². The van der Waals surface area contributed by atoms with Crippen LogP contribution in [0.4, 0.5) is 0 Å². The Balaban J connectivity index is 2.10. The van der Waals surface area contributed by atoms with E-state index in [1.54, 1.807) is 12.4 Å². The second-order valence-corrected chi connectivity index (χ2v) is 4.09. The van der Waals surface area contributed by atoms with Gasteiger partial charge in [0.05, 0.1) is 23.3 Å². The van der Waals surface area contributed by atoms with E-state index >= 15 is 0 Å². The first kappa shape index (κ1) is 9.35. The zero-order valence-corrected chi connectivity index (χ0v) is 9.49. The maximum atomic E-state index is 4.37. The van der Waals surface area contributed by atoms with Gasteiger partial charge in [0.2, 0.25) is 0 Å². The van der Waals surface area contributed by atoms with Gasteiger partial charge >= 0.3 is 5.78 Å². The van der Waals surface area contributed by atoms with Gasteiger partial charge in [0.1, 0.15) is 18.1 Å². The summed E-state index contributed by atoms with van der Waals surface area (Å²) in [6, 6.07) is 3.95. The van der Waals surface area contributed by atoms with Crippen molar-refractivity contribution in [1.29, 1.82) is 0 Å². The number of aromatic nitrogens is 5. The molecule has 4 rings (SSSR count). The fourth-order valence-corrected chi connectivity index (χ4v) is 2.23. The van der Waals surface area contributed by atoms with Crippen LogP contribution in [0.15, 0.2) is 55.5 Å². The van der Waals surface area contributed by atoms with Crippen LogP contribution in [-0.2, 0) is 0 Å². The van der Waals surface area contributed by atoms with E-state index in [1.807, 2.05) is 52.1 Å². The van der Waals surface area contributed by atoms with E-state index in [2.05, 4.69) is 15.0 Å². The molecule has 86 valence electrons. The summed E-state index contributed by atoms with van der Waals surface area (Å²) in [7, 11) is 0. The molecule has 0 aliphatic rings. The van der Waals surface area contributed by atoms with Crippen molar-refractivity contribution in [2.45, 2.75) is 0 Å². The smallest absolute Gasteiger partial charge is 0.358 e. The highest BCUT2D eigenvalue weighted by Crippen LogP contribution is 2.16. The minimum atomic E-state index is 0.877. The third kappa shape index (κ3) is 1.18. The average molecular weight is 236 g/mol. The summed E-state index contributed by atoms with van der Waals surface area (Å²) in [5, 5.41) is 1.08. The summed E-state index contributed by atoms with van der Waals surface area (Å²) < 4.78 is 4.02.